The van der Waals surface area contributed by atoms with Gasteiger partial charge in [0.2, 0.25) is 5.91 Å². The molecule has 4 aromatic carbocycles. The van der Waals surface area contributed by atoms with Gasteiger partial charge in [-0.15, -0.1) is 0 Å². The molecule has 0 unspecified atom stereocenters. The van der Waals surface area contributed by atoms with Crippen LogP contribution in [0.5, 0.6) is 0 Å². The minimum Gasteiger partial charge on any atom is -0.376 e. The average molecular weight is 465 g/mol. The maximum absolute atomic E-state index is 12.5. The van der Waals surface area contributed by atoms with E-state index < -0.39 is 0 Å². The minimum atomic E-state index is -0.254. The molecular weight excluding hydrogens is 440 g/mol. The van der Waals surface area contributed by atoms with Crippen LogP contribution in [-0.2, 0) is 4.79 Å². The van der Waals surface area contributed by atoms with Crippen LogP contribution in [-0.4, -0.2) is 24.3 Å². The van der Waals surface area contributed by atoms with E-state index in [1.165, 1.54) is 0 Å². The highest BCUT2D eigenvalue weighted by Crippen LogP contribution is 2.18. The summed E-state index contributed by atoms with van der Waals surface area (Å²) >= 11 is 0. The van der Waals surface area contributed by atoms with Gasteiger partial charge in [0, 0.05) is 33.9 Å². The Bertz CT molecular complexity index is 1320. The number of rotatable bonds is 8. The Kier molecular flexibility index (Phi) is 7.50. The summed E-state index contributed by atoms with van der Waals surface area (Å²) in [5.41, 5.74) is 3.56. The zero-order chi connectivity index (χ0) is 24.5. The van der Waals surface area contributed by atoms with Crippen molar-refractivity contribution in [3.8, 4) is 0 Å². The molecule has 0 bridgehead atoms. The van der Waals surface area contributed by atoms with Crippen LogP contribution < -0.4 is 21.3 Å². The molecule has 0 fully saturated rings. The highest BCUT2D eigenvalue weighted by molar-refractivity contribution is 6.05. The van der Waals surface area contributed by atoms with E-state index in [2.05, 4.69) is 21.3 Å². The molecule has 0 aliphatic carbocycles. The van der Waals surface area contributed by atoms with Crippen LogP contribution in [0.2, 0.25) is 0 Å². The molecule has 4 aromatic rings. The van der Waals surface area contributed by atoms with Gasteiger partial charge < -0.3 is 21.3 Å². The van der Waals surface area contributed by atoms with Crippen LogP contribution >= 0.6 is 0 Å². The maximum Gasteiger partial charge on any atom is 0.255 e. The van der Waals surface area contributed by atoms with E-state index in [0.717, 1.165) is 0 Å². The molecule has 4 rings (SSSR count). The molecule has 0 heterocycles. The van der Waals surface area contributed by atoms with Gasteiger partial charge in [0.1, 0.15) is 0 Å². The van der Waals surface area contributed by atoms with Crippen molar-refractivity contribution in [2.24, 2.45) is 0 Å². The molecule has 0 aliphatic heterocycles. The number of anilines is 4. The monoisotopic (exact) mass is 464 g/mol. The molecule has 35 heavy (non-hydrogen) atoms. The van der Waals surface area contributed by atoms with Gasteiger partial charge in [-0.25, -0.2) is 0 Å². The van der Waals surface area contributed by atoms with Crippen molar-refractivity contribution in [1.29, 1.82) is 0 Å². The SMILES string of the molecule is O=C(CNc1cccc(NC(=O)c2ccccc2)c1)Nc1cccc(NC(=O)c2ccccc2)c1. The Hall–Kier alpha value is -4.91. The van der Waals surface area contributed by atoms with Gasteiger partial charge in [0.05, 0.1) is 6.54 Å². The van der Waals surface area contributed by atoms with Crippen LogP contribution in [0.3, 0.4) is 0 Å². The summed E-state index contributed by atoms with van der Waals surface area (Å²) in [6.07, 6.45) is 0. The molecule has 3 amide bonds. The molecule has 174 valence electrons. The molecule has 0 aromatic heterocycles. The largest absolute Gasteiger partial charge is 0.376 e. The summed E-state index contributed by atoms with van der Waals surface area (Å²) in [5.74, 6) is -0.690. The summed E-state index contributed by atoms with van der Waals surface area (Å²) in [4.78, 5) is 37.2. The van der Waals surface area contributed by atoms with Crippen LogP contribution in [0.15, 0.2) is 109 Å². The van der Waals surface area contributed by atoms with E-state index in [1.54, 1.807) is 91.0 Å². The van der Waals surface area contributed by atoms with Crippen molar-refractivity contribution in [2.75, 3.05) is 27.8 Å². The van der Waals surface area contributed by atoms with Gasteiger partial charge in [-0.2, -0.15) is 0 Å². The van der Waals surface area contributed by atoms with Crippen LogP contribution in [0.1, 0.15) is 20.7 Å². The third-order valence-electron chi connectivity index (χ3n) is 5.05. The molecule has 0 spiro atoms. The lowest BCUT2D eigenvalue weighted by atomic mass is 10.2. The second-order valence-electron chi connectivity index (χ2n) is 7.70. The van der Waals surface area contributed by atoms with E-state index >= 15 is 0 Å². The second kappa shape index (κ2) is 11.3. The zero-order valence-corrected chi connectivity index (χ0v) is 18.8. The predicted molar refractivity (Wildman–Crippen MR) is 139 cm³/mol. The Balaban J connectivity index is 1.30. The van der Waals surface area contributed by atoms with Gasteiger partial charge in [0.15, 0.2) is 0 Å². The minimum absolute atomic E-state index is 0.0245. The van der Waals surface area contributed by atoms with E-state index in [9.17, 15) is 14.4 Å². The van der Waals surface area contributed by atoms with Crippen LogP contribution in [0, 0.1) is 0 Å². The average Bonchev–Trinajstić information content (AvgIpc) is 2.89. The maximum atomic E-state index is 12.5. The molecule has 7 nitrogen and oxygen atoms in total. The van der Waals surface area contributed by atoms with Crippen molar-refractivity contribution in [3.05, 3.63) is 120 Å². The Morgan fingerprint density at radius 1 is 0.486 bits per heavy atom. The van der Waals surface area contributed by atoms with Gasteiger partial charge in [0.25, 0.3) is 11.8 Å². The highest BCUT2D eigenvalue weighted by atomic mass is 16.2. The lowest BCUT2D eigenvalue weighted by Crippen LogP contribution is -2.22. The third kappa shape index (κ3) is 6.79. The van der Waals surface area contributed by atoms with E-state index in [1.807, 2.05) is 18.2 Å². The van der Waals surface area contributed by atoms with Crippen LogP contribution in [0.4, 0.5) is 22.7 Å². The van der Waals surface area contributed by atoms with E-state index in [0.29, 0.717) is 33.9 Å². The van der Waals surface area contributed by atoms with E-state index in [-0.39, 0.29) is 24.3 Å². The first kappa shape index (κ1) is 23.3. The Morgan fingerprint density at radius 3 is 1.43 bits per heavy atom. The van der Waals surface area contributed by atoms with Crippen molar-refractivity contribution >= 4 is 40.5 Å². The second-order valence-corrected chi connectivity index (χ2v) is 7.70. The Labute approximate surface area is 203 Å². The van der Waals surface area contributed by atoms with Crippen molar-refractivity contribution in [3.63, 3.8) is 0 Å². The number of hydrogen-bond acceptors (Lipinski definition) is 4. The first-order valence-corrected chi connectivity index (χ1v) is 11.0. The molecule has 0 saturated carbocycles. The summed E-state index contributed by atoms with van der Waals surface area (Å²) in [5, 5.41) is 11.5. The summed E-state index contributed by atoms with van der Waals surface area (Å²) in [6.45, 7) is 0.0245. The normalized spacial score (nSPS) is 10.2. The fraction of sp³-hybridized carbons (Fsp3) is 0.0357. The van der Waals surface area contributed by atoms with Crippen molar-refractivity contribution in [1.82, 2.24) is 0 Å². The topological polar surface area (TPSA) is 99.3 Å². The zero-order valence-electron chi connectivity index (χ0n) is 18.8. The summed E-state index contributed by atoms with van der Waals surface area (Å²) < 4.78 is 0. The number of carbonyl (C=O) groups excluding carboxylic acids is 3. The predicted octanol–water partition coefficient (Wildman–Crippen LogP) is 5.24. The number of hydrogen-bond donors (Lipinski definition) is 4. The molecule has 0 radical (unpaired) electrons. The van der Waals surface area contributed by atoms with Gasteiger partial charge in [-0.1, -0.05) is 48.5 Å². The number of carbonyl (C=O) groups is 3. The van der Waals surface area contributed by atoms with Crippen molar-refractivity contribution < 1.29 is 14.4 Å². The van der Waals surface area contributed by atoms with Crippen LogP contribution in [0.25, 0.3) is 0 Å². The number of nitrogens with one attached hydrogen (secondary N) is 4. The number of amides is 3. The van der Waals surface area contributed by atoms with Gasteiger partial charge in [-0.05, 0) is 60.7 Å². The molecule has 4 N–H and O–H groups in total. The quantitative estimate of drug-likeness (QED) is 0.286. The summed E-state index contributed by atoms with van der Waals surface area (Å²) in [6, 6.07) is 31.9. The first-order valence-electron chi connectivity index (χ1n) is 11.0. The summed E-state index contributed by atoms with van der Waals surface area (Å²) in [7, 11) is 0. The lowest BCUT2D eigenvalue weighted by Gasteiger charge is -2.11. The van der Waals surface area contributed by atoms with Crippen molar-refractivity contribution in [2.45, 2.75) is 0 Å². The third-order valence-corrected chi connectivity index (χ3v) is 5.05. The van der Waals surface area contributed by atoms with Gasteiger partial charge in [-0.3, -0.25) is 14.4 Å². The molecule has 0 saturated heterocycles. The molecule has 0 aliphatic rings. The van der Waals surface area contributed by atoms with Gasteiger partial charge >= 0.3 is 0 Å². The standard InChI is InChI=1S/C28H24N4O3/c33-26(30-23-14-8-16-25(18-23)32-28(35)21-11-5-2-6-12-21)19-29-22-13-7-15-24(17-22)31-27(34)20-9-3-1-4-10-20/h1-18,29H,19H2,(H,30,33)(H,31,34)(H,32,35). The molecule has 7 heteroatoms. The first-order chi connectivity index (χ1) is 17.1. The fourth-order valence-corrected chi connectivity index (χ4v) is 3.35. The highest BCUT2D eigenvalue weighted by Gasteiger charge is 2.08. The van der Waals surface area contributed by atoms with E-state index in [4.69, 9.17) is 0 Å². The number of benzene rings is 4. The molecular formula is C28H24N4O3. The Morgan fingerprint density at radius 2 is 0.914 bits per heavy atom. The molecule has 0 atom stereocenters. The smallest absolute Gasteiger partial charge is 0.255 e. The lowest BCUT2D eigenvalue weighted by molar-refractivity contribution is -0.114. The fourth-order valence-electron chi connectivity index (χ4n) is 3.35.